The molecular formula is C14H15F3N2O3. The number of benzene rings is 1. The molecule has 0 saturated carbocycles. The lowest BCUT2D eigenvalue weighted by atomic mass is 10.0. The molecule has 1 aromatic carbocycles. The fraction of sp³-hybridized carbons (Fsp3) is 0.429. The molecule has 0 spiro atoms. The van der Waals surface area contributed by atoms with Gasteiger partial charge in [-0.1, -0.05) is 18.2 Å². The minimum absolute atomic E-state index is 0.0279. The van der Waals surface area contributed by atoms with E-state index < -0.39 is 36.1 Å². The molecule has 1 aromatic rings. The average molecular weight is 316 g/mol. The highest BCUT2D eigenvalue weighted by Gasteiger charge is 2.36. The van der Waals surface area contributed by atoms with Crippen molar-refractivity contribution >= 4 is 11.9 Å². The van der Waals surface area contributed by atoms with Crippen molar-refractivity contribution < 1.29 is 27.9 Å². The SMILES string of the molecule is O=C(O)CC1C(=O)NCCN1Cc1ccccc1C(F)(F)F. The molecule has 8 heteroatoms. The van der Waals surface area contributed by atoms with E-state index in [2.05, 4.69) is 5.32 Å². The van der Waals surface area contributed by atoms with Gasteiger partial charge >= 0.3 is 12.1 Å². The van der Waals surface area contributed by atoms with Crippen molar-refractivity contribution in [1.29, 1.82) is 0 Å². The normalized spacial score (nSPS) is 19.8. The first kappa shape index (κ1) is 16.3. The predicted molar refractivity (Wildman–Crippen MR) is 70.9 cm³/mol. The number of halogens is 3. The number of carboxylic acids is 1. The Hall–Kier alpha value is -2.09. The van der Waals surface area contributed by atoms with Crippen LogP contribution in [0.15, 0.2) is 24.3 Å². The van der Waals surface area contributed by atoms with Gasteiger partial charge in [0.1, 0.15) is 6.04 Å². The number of carbonyl (C=O) groups excluding carboxylic acids is 1. The topological polar surface area (TPSA) is 69.6 Å². The molecule has 1 heterocycles. The molecule has 1 aliphatic rings. The maximum atomic E-state index is 13.0. The van der Waals surface area contributed by atoms with E-state index in [9.17, 15) is 22.8 Å². The van der Waals surface area contributed by atoms with Gasteiger partial charge in [-0.2, -0.15) is 13.2 Å². The van der Waals surface area contributed by atoms with Gasteiger partial charge in [-0.15, -0.1) is 0 Å². The first-order chi connectivity index (χ1) is 10.3. The van der Waals surface area contributed by atoms with Crippen LogP contribution >= 0.6 is 0 Å². The second-order valence-electron chi connectivity index (χ2n) is 5.03. The van der Waals surface area contributed by atoms with Crippen molar-refractivity contribution in [3.05, 3.63) is 35.4 Å². The molecule has 0 aromatic heterocycles. The third kappa shape index (κ3) is 3.76. The van der Waals surface area contributed by atoms with Crippen molar-refractivity contribution in [3.63, 3.8) is 0 Å². The Morgan fingerprint density at radius 1 is 1.36 bits per heavy atom. The maximum absolute atomic E-state index is 13.0. The Bertz CT molecular complexity index is 575. The molecule has 1 fully saturated rings. The van der Waals surface area contributed by atoms with Crippen molar-refractivity contribution in [2.75, 3.05) is 13.1 Å². The smallest absolute Gasteiger partial charge is 0.416 e. The molecule has 1 saturated heterocycles. The number of nitrogens with one attached hydrogen (secondary N) is 1. The maximum Gasteiger partial charge on any atom is 0.416 e. The van der Waals surface area contributed by atoms with E-state index in [-0.39, 0.29) is 18.7 Å². The van der Waals surface area contributed by atoms with Crippen LogP contribution < -0.4 is 5.32 Å². The predicted octanol–water partition coefficient (Wildman–Crippen LogP) is 1.48. The molecule has 0 radical (unpaired) electrons. The van der Waals surface area contributed by atoms with Crippen LogP contribution in [0.25, 0.3) is 0 Å². The number of hydrogen-bond acceptors (Lipinski definition) is 3. The number of alkyl halides is 3. The zero-order valence-electron chi connectivity index (χ0n) is 11.6. The number of carboxylic acid groups (broad SMARTS) is 1. The molecule has 0 bridgehead atoms. The third-order valence-corrected chi connectivity index (χ3v) is 3.51. The second kappa shape index (κ2) is 6.35. The zero-order chi connectivity index (χ0) is 16.3. The molecule has 1 amide bonds. The van der Waals surface area contributed by atoms with Gasteiger partial charge in [0.2, 0.25) is 5.91 Å². The summed E-state index contributed by atoms with van der Waals surface area (Å²) < 4.78 is 39.0. The van der Waals surface area contributed by atoms with Crippen molar-refractivity contribution in [1.82, 2.24) is 10.2 Å². The highest BCUT2D eigenvalue weighted by atomic mass is 19.4. The number of piperazine rings is 1. The monoisotopic (exact) mass is 316 g/mol. The van der Waals surface area contributed by atoms with E-state index >= 15 is 0 Å². The third-order valence-electron chi connectivity index (χ3n) is 3.51. The van der Waals surface area contributed by atoms with Crippen LogP contribution in [-0.4, -0.2) is 41.0 Å². The fourth-order valence-electron chi connectivity index (χ4n) is 2.49. The van der Waals surface area contributed by atoms with E-state index in [0.717, 1.165) is 6.07 Å². The standard InChI is InChI=1S/C14H15F3N2O3/c15-14(16,17)10-4-2-1-3-9(10)8-19-6-5-18-13(22)11(19)7-12(20)21/h1-4,11H,5-8H2,(H,18,22)(H,20,21). The van der Waals surface area contributed by atoms with E-state index in [1.807, 2.05) is 0 Å². The number of amides is 1. The van der Waals surface area contributed by atoms with Crippen LogP contribution in [0.1, 0.15) is 17.5 Å². The zero-order valence-corrected chi connectivity index (χ0v) is 11.6. The summed E-state index contributed by atoms with van der Waals surface area (Å²) >= 11 is 0. The summed E-state index contributed by atoms with van der Waals surface area (Å²) in [7, 11) is 0. The van der Waals surface area contributed by atoms with E-state index in [4.69, 9.17) is 5.11 Å². The van der Waals surface area contributed by atoms with Crippen molar-refractivity contribution in [2.45, 2.75) is 25.2 Å². The Labute approximate surface area is 124 Å². The van der Waals surface area contributed by atoms with Crippen LogP contribution in [0.5, 0.6) is 0 Å². The second-order valence-corrected chi connectivity index (χ2v) is 5.03. The fourth-order valence-corrected chi connectivity index (χ4v) is 2.49. The van der Waals surface area contributed by atoms with Gasteiger partial charge in [-0.05, 0) is 11.6 Å². The van der Waals surface area contributed by atoms with Gasteiger partial charge in [-0.25, -0.2) is 0 Å². The molecule has 120 valence electrons. The molecule has 1 aliphatic heterocycles. The number of aliphatic carboxylic acids is 1. The summed E-state index contributed by atoms with van der Waals surface area (Å²) in [5.74, 6) is -1.64. The number of carbonyl (C=O) groups is 2. The molecule has 5 nitrogen and oxygen atoms in total. The molecule has 0 aliphatic carbocycles. The largest absolute Gasteiger partial charge is 0.481 e. The van der Waals surface area contributed by atoms with Gasteiger partial charge < -0.3 is 10.4 Å². The Kier molecular flexibility index (Phi) is 4.70. The molecule has 2 N–H and O–H groups in total. The summed E-state index contributed by atoms with van der Waals surface area (Å²) in [6, 6.07) is 4.14. The Balaban J connectivity index is 2.24. The number of hydrogen-bond donors (Lipinski definition) is 2. The summed E-state index contributed by atoms with van der Waals surface area (Å²) in [5.41, 5.74) is -0.741. The highest BCUT2D eigenvalue weighted by molar-refractivity contribution is 5.86. The summed E-state index contributed by atoms with van der Waals surface area (Å²) in [5, 5.41) is 11.4. The lowest BCUT2D eigenvalue weighted by molar-refractivity contribution is -0.144. The quantitative estimate of drug-likeness (QED) is 0.883. The van der Waals surface area contributed by atoms with E-state index in [1.165, 1.54) is 23.1 Å². The van der Waals surface area contributed by atoms with Gasteiger partial charge in [0, 0.05) is 19.6 Å². The average Bonchev–Trinajstić information content (AvgIpc) is 2.42. The van der Waals surface area contributed by atoms with Crippen LogP contribution in [-0.2, 0) is 22.3 Å². The molecule has 2 rings (SSSR count). The first-order valence-corrected chi connectivity index (χ1v) is 6.67. The lowest BCUT2D eigenvalue weighted by Gasteiger charge is -2.34. The Morgan fingerprint density at radius 2 is 2.05 bits per heavy atom. The van der Waals surface area contributed by atoms with E-state index in [1.54, 1.807) is 0 Å². The molecule has 1 atom stereocenters. The van der Waals surface area contributed by atoms with Crippen molar-refractivity contribution in [3.8, 4) is 0 Å². The van der Waals surface area contributed by atoms with Gasteiger partial charge in [0.25, 0.3) is 0 Å². The van der Waals surface area contributed by atoms with Gasteiger partial charge in [0.05, 0.1) is 12.0 Å². The number of nitrogens with zero attached hydrogens (tertiary/aromatic N) is 1. The minimum atomic E-state index is -4.49. The van der Waals surface area contributed by atoms with Crippen LogP contribution in [0.3, 0.4) is 0 Å². The number of rotatable bonds is 4. The molecule has 22 heavy (non-hydrogen) atoms. The van der Waals surface area contributed by atoms with E-state index in [0.29, 0.717) is 6.54 Å². The van der Waals surface area contributed by atoms with Crippen LogP contribution in [0, 0.1) is 0 Å². The van der Waals surface area contributed by atoms with Crippen molar-refractivity contribution in [2.24, 2.45) is 0 Å². The minimum Gasteiger partial charge on any atom is -0.481 e. The summed E-state index contributed by atoms with van der Waals surface area (Å²) in [6.07, 6.45) is -4.93. The van der Waals surface area contributed by atoms with Crippen LogP contribution in [0.2, 0.25) is 0 Å². The van der Waals surface area contributed by atoms with Gasteiger partial charge in [0.15, 0.2) is 0 Å². The summed E-state index contributed by atoms with van der Waals surface area (Å²) in [4.78, 5) is 24.1. The first-order valence-electron chi connectivity index (χ1n) is 6.67. The van der Waals surface area contributed by atoms with Gasteiger partial charge in [-0.3, -0.25) is 14.5 Å². The van der Waals surface area contributed by atoms with Crippen LogP contribution in [0.4, 0.5) is 13.2 Å². The molecule has 1 unspecified atom stereocenters. The molecular weight excluding hydrogens is 301 g/mol. The summed E-state index contributed by atoms with van der Waals surface area (Å²) in [6.45, 7) is 0.458. The Morgan fingerprint density at radius 3 is 2.68 bits per heavy atom. The lowest BCUT2D eigenvalue weighted by Crippen LogP contribution is -2.55. The highest BCUT2D eigenvalue weighted by Crippen LogP contribution is 2.32.